The molecule has 0 fully saturated rings. The zero-order valence-corrected chi connectivity index (χ0v) is 12.9. The molecule has 0 aromatic heterocycles. The predicted molar refractivity (Wildman–Crippen MR) is 80.8 cm³/mol. The molecule has 1 aliphatic rings. The smallest absolute Gasteiger partial charge is 0.284 e. The fraction of sp³-hybridized carbons (Fsp3) is 0. The van der Waals surface area contributed by atoms with E-state index in [2.05, 4.69) is 4.40 Å². The fourth-order valence-corrected chi connectivity index (χ4v) is 3.20. The summed E-state index contributed by atoms with van der Waals surface area (Å²) in [6.07, 6.45) is 3.30. The third kappa shape index (κ3) is 3.41. The van der Waals surface area contributed by atoms with E-state index in [1.807, 2.05) is 0 Å². The van der Waals surface area contributed by atoms with Crippen LogP contribution in [0.5, 0.6) is 0 Å². The molecule has 0 unspecified atom stereocenters. The molecule has 0 bridgehead atoms. The topological polar surface area (TPSA) is 107 Å². The molecule has 22 heavy (non-hydrogen) atoms. The number of sulfonamides is 1. The molecule has 0 saturated heterocycles. The fourth-order valence-electron chi connectivity index (χ4n) is 1.54. The molecule has 0 aliphatic heterocycles. The van der Waals surface area contributed by atoms with Gasteiger partial charge in [-0.05, 0) is 24.3 Å². The van der Waals surface area contributed by atoms with Crippen molar-refractivity contribution in [1.82, 2.24) is 0 Å². The molecule has 10 heteroatoms. The molecule has 7 nitrogen and oxygen atoms in total. The number of non-ortho nitro benzene ring substituents is 1. The monoisotopic (exact) mass is 360 g/mol. The maximum absolute atomic E-state index is 12.2. The van der Waals surface area contributed by atoms with E-state index in [0.717, 1.165) is 36.4 Å². The van der Waals surface area contributed by atoms with E-state index in [4.69, 9.17) is 23.2 Å². The summed E-state index contributed by atoms with van der Waals surface area (Å²) in [5, 5.41) is 10.3. The van der Waals surface area contributed by atoms with Crippen LogP contribution in [0.15, 0.2) is 50.8 Å². The van der Waals surface area contributed by atoms with Gasteiger partial charge in [0.25, 0.3) is 15.7 Å². The van der Waals surface area contributed by atoms with Gasteiger partial charge in [-0.25, -0.2) is 0 Å². The normalized spacial score (nSPS) is 16.7. The Morgan fingerprint density at radius 2 is 1.86 bits per heavy atom. The van der Waals surface area contributed by atoms with Gasteiger partial charge in [0.2, 0.25) is 0 Å². The highest BCUT2D eigenvalue weighted by Gasteiger charge is 2.22. The number of halogens is 2. The van der Waals surface area contributed by atoms with E-state index in [1.54, 1.807) is 0 Å². The van der Waals surface area contributed by atoms with Gasteiger partial charge in [0.15, 0.2) is 5.78 Å². The van der Waals surface area contributed by atoms with Gasteiger partial charge < -0.3 is 0 Å². The molecule has 0 atom stereocenters. The number of nitrogens with zero attached hydrogens (tertiary/aromatic N) is 2. The Kier molecular flexibility index (Phi) is 4.45. The molecule has 2 rings (SSSR count). The third-order valence-electron chi connectivity index (χ3n) is 2.54. The van der Waals surface area contributed by atoms with Crippen molar-refractivity contribution in [2.24, 2.45) is 4.40 Å². The molecule has 0 N–H and O–H groups in total. The molecule has 1 aliphatic carbocycles. The molecule has 0 amide bonds. The minimum Gasteiger partial charge on any atom is -0.288 e. The van der Waals surface area contributed by atoms with Crippen LogP contribution in [0.25, 0.3) is 0 Å². The van der Waals surface area contributed by atoms with Crippen molar-refractivity contribution >= 4 is 50.4 Å². The molecule has 0 spiro atoms. The summed E-state index contributed by atoms with van der Waals surface area (Å²) >= 11 is 11.4. The number of hydrogen-bond acceptors (Lipinski definition) is 5. The van der Waals surface area contributed by atoms with Crippen LogP contribution < -0.4 is 0 Å². The van der Waals surface area contributed by atoms with Crippen molar-refractivity contribution in [3.63, 3.8) is 0 Å². The molecule has 0 saturated carbocycles. The Labute approximate surface area is 134 Å². The Bertz CT molecular complexity index is 872. The summed E-state index contributed by atoms with van der Waals surface area (Å²) in [6.45, 7) is 0. The van der Waals surface area contributed by atoms with Crippen LogP contribution in [0.4, 0.5) is 5.69 Å². The number of nitro benzene ring substituents is 1. The number of carbonyl (C=O) groups excluding carboxylic acids is 1. The summed E-state index contributed by atoms with van der Waals surface area (Å²) in [5.74, 6) is -0.480. The van der Waals surface area contributed by atoms with E-state index in [-0.39, 0.29) is 15.8 Å². The molecule has 1 aromatic rings. The first kappa shape index (κ1) is 16.3. The van der Waals surface area contributed by atoms with Crippen LogP contribution in [0, 0.1) is 10.1 Å². The van der Waals surface area contributed by atoms with Gasteiger partial charge >= 0.3 is 0 Å². The highest BCUT2D eigenvalue weighted by Crippen LogP contribution is 2.28. The van der Waals surface area contributed by atoms with Crippen LogP contribution in [-0.2, 0) is 14.8 Å². The van der Waals surface area contributed by atoms with Gasteiger partial charge in [-0.15, -0.1) is 0 Å². The maximum atomic E-state index is 12.2. The van der Waals surface area contributed by atoms with E-state index in [0.29, 0.717) is 0 Å². The van der Waals surface area contributed by atoms with Crippen molar-refractivity contribution in [2.45, 2.75) is 4.90 Å². The third-order valence-corrected chi connectivity index (χ3v) is 4.63. The Morgan fingerprint density at radius 1 is 1.18 bits per heavy atom. The van der Waals surface area contributed by atoms with Crippen molar-refractivity contribution in [3.8, 4) is 0 Å². The van der Waals surface area contributed by atoms with E-state index in [1.165, 1.54) is 0 Å². The lowest BCUT2D eigenvalue weighted by atomic mass is 10.2. The molecular weight excluding hydrogens is 355 g/mol. The lowest BCUT2D eigenvalue weighted by molar-refractivity contribution is -0.385. The van der Waals surface area contributed by atoms with Gasteiger partial charge in [0.1, 0.15) is 4.90 Å². The number of carbonyl (C=O) groups is 1. The van der Waals surface area contributed by atoms with Crippen LogP contribution in [-0.4, -0.2) is 24.8 Å². The largest absolute Gasteiger partial charge is 0.288 e. The average molecular weight is 361 g/mol. The molecule has 1 aromatic carbocycles. The van der Waals surface area contributed by atoms with E-state index in [9.17, 15) is 23.3 Å². The van der Waals surface area contributed by atoms with Gasteiger partial charge in [0, 0.05) is 12.1 Å². The summed E-state index contributed by atoms with van der Waals surface area (Å²) in [7, 11) is -4.30. The minimum absolute atomic E-state index is 0.0906. The second kappa shape index (κ2) is 5.99. The molecule has 114 valence electrons. The first-order valence-corrected chi connectivity index (χ1v) is 7.79. The van der Waals surface area contributed by atoms with Crippen molar-refractivity contribution < 1.29 is 18.1 Å². The van der Waals surface area contributed by atoms with Crippen LogP contribution in [0.1, 0.15) is 0 Å². The van der Waals surface area contributed by atoms with Gasteiger partial charge in [-0.3, -0.25) is 14.9 Å². The maximum Gasteiger partial charge on any atom is 0.284 e. The SMILES string of the molecule is O=C1C=C/C(=N\S(=O)(=O)c2cc([N+](=O)[O-])ccc2Cl)C=C1Cl. The molecule has 0 radical (unpaired) electrons. The zero-order chi connectivity index (χ0) is 16.5. The van der Waals surface area contributed by atoms with E-state index >= 15 is 0 Å². The van der Waals surface area contributed by atoms with Gasteiger partial charge in [-0.1, -0.05) is 23.2 Å². The lowest BCUT2D eigenvalue weighted by Gasteiger charge is -2.05. The van der Waals surface area contributed by atoms with E-state index < -0.39 is 31.3 Å². The number of nitro groups is 1. The highest BCUT2D eigenvalue weighted by molar-refractivity contribution is 7.90. The first-order chi connectivity index (χ1) is 10.2. The van der Waals surface area contributed by atoms with Gasteiger partial charge in [0.05, 0.1) is 20.7 Å². The number of ketones is 1. The van der Waals surface area contributed by atoms with Crippen LogP contribution in [0.3, 0.4) is 0 Å². The van der Waals surface area contributed by atoms with Crippen molar-refractivity contribution in [3.05, 3.63) is 56.6 Å². The predicted octanol–water partition coefficient (Wildman–Crippen LogP) is 2.64. The zero-order valence-electron chi connectivity index (χ0n) is 10.6. The molecular formula is C12H6Cl2N2O5S. The highest BCUT2D eigenvalue weighted by atomic mass is 35.5. The number of rotatable bonds is 3. The summed E-state index contributed by atoms with van der Waals surface area (Å²) in [5.41, 5.74) is -0.529. The summed E-state index contributed by atoms with van der Waals surface area (Å²) in [6, 6.07) is 2.98. The first-order valence-electron chi connectivity index (χ1n) is 5.59. The van der Waals surface area contributed by atoms with Crippen molar-refractivity contribution in [2.75, 3.05) is 0 Å². The van der Waals surface area contributed by atoms with Crippen LogP contribution >= 0.6 is 23.2 Å². The minimum atomic E-state index is -4.30. The lowest BCUT2D eigenvalue weighted by Crippen LogP contribution is -2.07. The van der Waals surface area contributed by atoms with Gasteiger partial charge in [-0.2, -0.15) is 12.8 Å². The number of allylic oxidation sites excluding steroid dienone is 4. The second-order valence-electron chi connectivity index (χ2n) is 4.05. The average Bonchev–Trinajstić information content (AvgIpc) is 2.42. The second-order valence-corrected chi connectivity index (χ2v) is 6.44. The summed E-state index contributed by atoms with van der Waals surface area (Å²) in [4.78, 5) is 20.6. The van der Waals surface area contributed by atoms with Crippen LogP contribution in [0.2, 0.25) is 5.02 Å². The summed E-state index contributed by atoms with van der Waals surface area (Å²) < 4.78 is 27.9. The molecule has 0 heterocycles. The Hall–Kier alpha value is -2.03. The number of hydrogen-bond donors (Lipinski definition) is 0. The Morgan fingerprint density at radius 3 is 2.45 bits per heavy atom. The number of benzene rings is 1. The standard InChI is InChI=1S/C12H6Cl2N2O5S/c13-9-3-2-8(16(18)19)6-12(9)22(20,21)15-7-1-4-11(17)10(14)5-7/h1-6H/b15-7+. The quantitative estimate of drug-likeness (QED) is 0.467. The Balaban J connectivity index is 2.53. The van der Waals surface area contributed by atoms with Crippen molar-refractivity contribution in [1.29, 1.82) is 0 Å².